The number of anilines is 1. The second kappa shape index (κ2) is 10.6. The van der Waals surface area contributed by atoms with Crippen LogP contribution in [0, 0.1) is 0 Å². The van der Waals surface area contributed by atoms with E-state index in [1.165, 1.54) is 0 Å². The summed E-state index contributed by atoms with van der Waals surface area (Å²) in [5.74, 6) is 0.980. The molecule has 0 radical (unpaired) electrons. The van der Waals surface area contributed by atoms with Gasteiger partial charge in [0.15, 0.2) is 0 Å². The number of hydrogen-bond acceptors (Lipinski definition) is 6. The van der Waals surface area contributed by atoms with Gasteiger partial charge in [-0.15, -0.1) is 0 Å². The fourth-order valence-electron chi connectivity index (χ4n) is 5.09. The van der Waals surface area contributed by atoms with Crippen molar-refractivity contribution in [2.24, 2.45) is 0 Å². The van der Waals surface area contributed by atoms with Crippen LogP contribution in [-0.2, 0) is 6.54 Å². The molecule has 0 spiro atoms. The smallest absolute Gasteiger partial charge is 0.137 e. The highest BCUT2D eigenvalue weighted by Crippen LogP contribution is 2.31. The first-order chi connectivity index (χ1) is 18.5. The number of aromatic nitrogens is 5. The molecule has 0 aliphatic carbocycles. The van der Waals surface area contributed by atoms with Crippen LogP contribution in [0.4, 0.5) is 5.82 Å². The minimum Gasteiger partial charge on any atom is -0.392 e. The topological polar surface area (TPSA) is 86.1 Å². The van der Waals surface area contributed by atoms with E-state index in [2.05, 4.69) is 43.1 Å². The molecule has 38 heavy (non-hydrogen) atoms. The second-order valence-electron chi connectivity index (χ2n) is 9.92. The molecule has 5 heterocycles. The van der Waals surface area contributed by atoms with Crippen molar-refractivity contribution in [3.63, 3.8) is 0 Å². The number of rotatable bonds is 7. The zero-order valence-electron chi connectivity index (χ0n) is 21.3. The van der Waals surface area contributed by atoms with E-state index >= 15 is 0 Å². The zero-order chi connectivity index (χ0) is 26.1. The van der Waals surface area contributed by atoms with E-state index in [9.17, 15) is 5.11 Å². The number of nitrogens with one attached hydrogen (secondary N) is 1. The van der Waals surface area contributed by atoms with Gasteiger partial charge in [-0.2, -0.15) is 5.10 Å². The Balaban J connectivity index is 1.19. The molecule has 0 saturated carbocycles. The Labute approximate surface area is 226 Å². The van der Waals surface area contributed by atoms with Crippen molar-refractivity contribution in [3.05, 3.63) is 84.0 Å². The number of hydrogen-bond donors (Lipinski definition) is 2. The van der Waals surface area contributed by atoms with Gasteiger partial charge in [0.2, 0.25) is 0 Å². The van der Waals surface area contributed by atoms with E-state index in [1.807, 2.05) is 66.9 Å². The summed E-state index contributed by atoms with van der Waals surface area (Å²) in [6.45, 7) is 6.89. The molecular formula is C29H30ClN7O. The first kappa shape index (κ1) is 24.6. The molecule has 9 heteroatoms. The van der Waals surface area contributed by atoms with Crippen LogP contribution in [0.5, 0.6) is 0 Å². The third kappa shape index (κ3) is 5.29. The van der Waals surface area contributed by atoms with Crippen molar-refractivity contribution >= 4 is 28.5 Å². The van der Waals surface area contributed by atoms with Gasteiger partial charge in [-0.25, -0.2) is 9.97 Å². The molecule has 5 aromatic rings. The average molecular weight is 528 g/mol. The first-order valence-electron chi connectivity index (χ1n) is 12.9. The maximum absolute atomic E-state index is 9.64. The van der Waals surface area contributed by atoms with Crippen LogP contribution < -0.4 is 4.90 Å². The monoisotopic (exact) mass is 527 g/mol. The molecular weight excluding hydrogens is 498 g/mol. The number of pyridine rings is 2. The summed E-state index contributed by atoms with van der Waals surface area (Å²) >= 11 is 6.14. The van der Waals surface area contributed by atoms with E-state index in [1.54, 1.807) is 0 Å². The van der Waals surface area contributed by atoms with Crippen molar-refractivity contribution in [2.75, 3.05) is 37.6 Å². The number of aliphatic hydroxyl groups excluding tert-OH is 1. The minimum atomic E-state index is -0.296. The lowest BCUT2D eigenvalue weighted by Gasteiger charge is -2.35. The predicted molar refractivity (Wildman–Crippen MR) is 151 cm³/mol. The van der Waals surface area contributed by atoms with Gasteiger partial charge in [-0.3, -0.25) is 9.58 Å². The highest BCUT2D eigenvalue weighted by molar-refractivity contribution is 6.30. The summed E-state index contributed by atoms with van der Waals surface area (Å²) in [5.41, 5.74) is 6.08. The highest BCUT2D eigenvalue weighted by atomic mass is 35.5. The highest BCUT2D eigenvalue weighted by Gasteiger charge is 2.19. The van der Waals surface area contributed by atoms with Gasteiger partial charge in [0.25, 0.3) is 0 Å². The number of aromatic amines is 1. The summed E-state index contributed by atoms with van der Waals surface area (Å²) < 4.78 is 1.92. The van der Waals surface area contributed by atoms with Crippen LogP contribution in [0.3, 0.4) is 0 Å². The minimum absolute atomic E-state index is 0.296. The second-order valence-corrected chi connectivity index (χ2v) is 10.4. The van der Waals surface area contributed by atoms with E-state index in [0.717, 1.165) is 82.4 Å². The molecule has 1 saturated heterocycles. The average Bonchev–Trinajstić information content (AvgIpc) is 3.55. The number of fused-ring (bicyclic) bond motifs is 1. The van der Waals surface area contributed by atoms with Crippen LogP contribution in [0.25, 0.3) is 33.3 Å². The SMILES string of the molecule is CC(O)CN1CCN(c2ccc(-c3cnc4[nH]cc(-c5cnn(Cc6cccc(Cl)c6)c5)c4c3)cn2)CC1. The molecule has 1 fully saturated rings. The van der Waals surface area contributed by atoms with Gasteiger partial charge < -0.3 is 15.0 Å². The molecule has 1 unspecified atom stereocenters. The Bertz CT molecular complexity index is 1530. The molecule has 1 atom stereocenters. The molecule has 0 bridgehead atoms. The van der Waals surface area contributed by atoms with Gasteiger partial charge in [0, 0.05) is 90.2 Å². The molecule has 0 amide bonds. The summed E-state index contributed by atoms with van der Waals surface area (Å²) in [4.78, 5) is 17.3. The summed E-state index contributed by atoms with van der Waals surface area (Å²) in [5, 5.41) is 16.0. The molecule has 2 N–H and O–H groups in total. The van der Waals surface area contributed by atoms with Crippen molar-refractivity contribution in [1.29, 1.82) is 0 Å². The quantitative estimate of drug-likeness (QED) is 0.319. The van der Waals surface area contributed by atoms with E-state index in [4.69, 9.17) is 16.6 Å². The van der Waals surface area contributed by atoms with E-state index < -0.39 is 0 Å². The molecule has 1 aromatic carbocycles. The molecule has 8 nitrogen and oxygen atoms in total. The van der Waals surface area contributed by atoms with Gasteiger partial charge in [0.1, 0.15) is 11.5 Å². The molecule has 4 aromatic heterocycles. The van der Waals surface area contributed by atoms with Crippen LogP contribution in [0.15, 0.2) is 73.4 Å². The van der Waals surface area contributed by atoms with Gasteiger partial charge in [0.05, 0.1) is 18.8 Å². The summed E-state index contributed by atoms with van der Waals surface area (Å²) in [7, 11) is 0. The van der Waals surface area contributed by atoms with Crippen LogP contribution in [-0.4, -0.2) is 73.6 Å². The number of halogens is 1. The lowest BCUT2D eigenvalue weighted by Crippen LogP contribution is -2.48. The standard InChI is InChI=1S/C29H30ClN7O/c1-20(38)17-35-7-9-36(10-8-35)28-6-5-22(13-31-28)23-12-26-27(16-33-29(26)32-14-23)24-15-34-37(19-24)18-21-3-2-4-25(30)11-21/h2-6,11-16,19-20,38H,7-10,17-18H2,1H3,(H,32,33). The Morgan fingerprint density at radius 3 is 2.58 bits per heavy atom. The van der Waals surface area contributed by atoms with Crippen LogP contribution in [0.2, 0.25) is 5.02 Å². The number of β-amino-alcohol motifs (C(OH)–C–C–N with tert-alkyl or cyclic N) is 1. The number of aliphatic hydroxyl groups is 1. The Hall–Kier alpha value is -3.72. The fraction of sp³-hybridized carbons (Fsp3) is 0.276. The van der Waals surface area contributed by atoms with Crippen molar-refractivity contribution in [1.82, 2.24) is 29.6 Å². The zero-order valence-corrected chi connectivity index (χ0v) is 22.0. The Morgan fingerprint density at radius 2 is 1.82 bits per heavy atom. The summed E-state index contributed by atoms with van der Waals surface area (Å²) in [6.07, 6.45) is 9.44. The lowest BCUT2D eigenvalue weighted by atomic mass is 10.1. The van der Waals surface area contributed by atoms with E-state index in [-0.39, 0.29) is 6.10 Å². The van der Waals surface area contributed by atoms with E-state index in [0.29, 0.717) is 6.54 Å². The third-order valence-corrected chi connectivity index (χ3v) is 7.24. The molecule has 1 aliphatic rings. The van der Waals surface area contributed by atoms with Crippen molar-refractivity contribution in [2.45, 2.75) is 19.6 Å². The number of nitrogens with zero attached hydrogens (tertiary/aromatic N) is 6. The van der Waals surface area contributed by atoms with Gasteiger partial charge >= 0.3 is 0 Å². The molecule has 6 rings (SSSR count). The van der Waals surface area contributed by atoms with Gasteiger partial charge in [-0.1, -0.05) is 23.7 Å². The predicted octanol–water partition coefficient (Wildman–Crippen LogP) is 4.69. The van der Waals surface area contributed by atoms with Gasteiger partial charge in [-0.05, 0) is 42.8 Å². The van der Waals surface area contributed by atoms with Crippen LogP contribution in [0.1, 0.15) is 12.5 Å². The molecule has 1 aliphatic heterocycles. The fourth-order valence-corrected chi connectivity index (χ4v) is 5.30. The Kier molecular flexibility index (Phi) is 6.84. The summed E-state index contributed by atoms with van der Waals surface area (Å²) in [6, 6.07) is 14.2. The Morgan fingerprint density at radius 1 is 0.974 bits per heavy atom. The number of H-pyrrole nitrogens is 1. The third-order valence-electron chi connectivity index (χ3n) is 7.01. The maximum Gasteiger partial charge on any atom is 0.137 e. The first-order valence-corrected chi connectivity index (χ1v) is 13.3. The van der Waals surface area contributed by atoms with Crippen molar-refractivity contribution in [3.8, 4) is 22.3 Å². The van der Waals surface area contributed by atoms with Crippen molar-refractivity contribution < 1.29 is 5.11 Å². The number of benzene rings is 1. The number of piperazine rings is 1. The van der Waals surface area contributed by atoms with Crippen LogP contribution >= 0.6 is 11.6 Å². The maximum atomic E-state index is 9.64. The normalized spacial score (nSPS) is 15.3. The largest absolute Gasteiger partial charge is 0.392 e. The molecule has 194 valence electrons. The lowest BCUT2D eigenvalue weighted by molar-refractivity contribution is 0.122.